The first-order chi connectivity index (χ1) is 11.8. The van der Waals surface area contributed by atoms with E-state index in [4.69, 9.17) is 9.47 Å². The van der Waals surface area contributed by atoms with E-state index in [1.165, 1.54) is 11.8 Å². The fraction of sp³-hybridized carbons (Fsp3) is 0.632. The quantitative estimate of drug-likeness (QED) is 0.752. The fourth-order valence-electron chi connectivity index (χ4n) is 2.97. The first-order valence-electron chi connectivity index (χ1n) is 8.74. The average molecular weight is 367 g/mol. The van der Waals surface area contributed by atoms with Crippen LogP contribution in [0.2, 0.25) is 0 Å². The number of benzene rings is 1. The van der Waals surface area contributed by atoms with Crippen LogP contribution >= 0.6 is 11.8 Å². The number of thioether (sulfide) groups is 1. The summed E-state index contributed by atoms with van der Waals surface area (Å²) in [5.74, 6) is 1.30. The first-order valence-corrected chi connectivity index (χ1v) is 9.73. The highest BCUT2D eigenvalue weighted by atomic mass is 32.2. The van der Waals surface area contributed by atoms with Crippen molar-refractivity contribution in [1.82, 2.24) is 10.2 Å². The summed E-state index contributed by atoms with van der Waals surface area (Å²) in [5.41, 5.74) is -0.0905. The molecule has 0 radical (unpaired) electrons. The summed E-state index contributed by atoms with van der Waals surface area (Å²) in [4.78, 5) is 15.7. The molecule has 25 heavy (non-hydrogen) atoms. The number of morpholine rings is 1. The second-order valence-corrected chi connectivity index (χ2v) is 8.26. The third kappa shape index (κ3) is 6.20. The fourth-order valence-corrected chi connectivity index (χ4v) is 3.70. The Kier molecular flexibility index (Phi) is 7.16. The summed E-state index contributed by atoms with van der Waals surface area (Å²) in [6.07, 6.45) is 0.453. The summed E-state index contributed by atoms with van der Waals surface area (Å²) in [7, 11) is 1.65. The highest BCUT2D eigenvalue weighted by Gasteiger charge is 2.33. The molecule has 1 fully saturated rings. The zero-order chi connectivity index (χ0) is 18.4. The molecule has 1 aliphatic rings. The van der Waals surface area contributed by atoms with Crippen LogP contribution in [-0.4, -0.2) is 61.1 Å². The van der Waals surface area contributed by atoms with Gasteiger partial charge in [-0.25, -0.2) is 0 Å². The maximum Gasteiger partial charge on any atom is 0.230 e. The first kappa shape index (κ1) is 20.1. The van der Waals surface area contributed by atoms with E-state index in [9.17, 15) is 4.79 Å². The summed E-state index contributed by atoms with van der Waals surface area (Å²) >= 11 is 1.53. The van der Waals surface area contributed by atoms with Crippen LogP contribution in [0.1, 0.15) is 27.7 Å². The van der Waals surface area contributed by atoms with Crippen LogP contribution in [0.5, 0.6) is 5.75 Å². The molecule has 0 aliphatic carbocycles. The van der Waals surface area contributed by atoms with Crippen molar-refractivity contribution in [2.24, 2.45) is 0 Å². The number of ether oxygens (including phenoxy) is 2. The predicted molar refractivity (Wildman–Crippen MR) is 102 cm³/mol. The monoisotopic (exact) mass is 366 g/mol. The predicted octanol–water partition coefficient (Wildman–Crippen LogP) is 2.79. The molecule has 2 rings (SSSR count). The van der Waals surface area contributed by atoms with Crippen LogP contribution in [0.3, 0.4) is 0 Å². The molecule has 1 aliphatic heterocycles. The van der Waals surface area contributed by atoms with Gasteiger partial charge in [-0.1, -0.05) is 0 Å². The van der Waals surface area contributed by atoms with Crippen molar-refractivity contribution in [2.75, 3.05) is 32.5 Å². The molecular weight excluding hydrogens is 336 g/mol. The Morgan fingerprint density at radius 3 is 2.44 bits per heavy atom. The molecule has 5 nitrogen and oxygen atoms in total. The van der Waals surface area contributed by atoms with Gasteiger partial charge in [0, 0.05) is 30.1 Å². The molecule has 2 unspecified atom stereocenters. The third-order valence-electron chi connectivity index (χ3n) is 4.42. The Morgan fingerprint density at radius 2 is 1.88 bits per heavy atom. The Hall–Kier alpha value is -1.24. The van der Waals surface area contributed by atoms with Gasteiger partial charge in [-0.05, 0) is 52.0 Å². The van der Waals surface area contributed by atoms with Gasteiger partial charge < -0.3 is 14.8 Å². The van der Waals surface area contributed by atoms with Gasteiger partial charge in [0.05, 0.1) is 25.1 Å². The zero-order valence-electron chi connectivity index (χ0n) is 15.9. The van der Waals surface area contributed by atoms with Crippen molar-refractivity contribution in [2.45, 2.75) is 50.3 Å². The molecule has 1 saturated heterocycles. The number of methoxy groups -OCH3 is 1. The molecule has 2 atom stereocenters. The second-order valence-electron chi connectivity index (χ2n) is 7.22. The molecule has 6 heteroatoms. The highest BCUT2D eigenvalue weighted by molar-refractivity contribution is 8.00. The normalized spacial score (nSPS) is 21.8. The molecular formula is C19H30N2O3S. The molecule has 0 saturated carbocycles. The van der Waals surface area contributed by atoms with E-state index in [0.29, 0.717) is 12.3 Å². The van der Waals surface area contributed by atoms with E-state index in [-0.39, 0.29) is 23.7 Å². The largest absolute Gasteiger partial charge is 0.497 e. The molecule has 140 valence electrons. The molecule has 0 aromatic heterocycles. The number of rotatable bonds is 7. The van der Waals surface area contributed by atoms with Crippen molar-refractivity contribution in [3.05, 3.63) is 24.3 Å². The smallest absolute Gasteiger partial charge is 0.230 e. The summed E-state index contributed by atoms with van der Waals surface area (Å²) in [5, 5.41) is 3.08. The van der Waals surface area contributed by atoms with E-state index in [1.807, 2.05) is 24.3 Å². The van der Waals surface area contributed by atoms with Gasteiger partial charge in [0.1, 0.15) is 5.75 Å². The SMILES string of the molecule is COc1ccc(SCC(=O)NCC(C)(C)N2CC(C)OC(C)C2)cc1. The van der Waals surface area contributed by atoms with Gasteiger partial charge in [0.2, 0.25) is 5.91 Å². The number of hydrogen-bond donors (Lipinski definition) is 1. The Labute approximate surface area is 155 Å². The highest BCUT2D eigenvalue weighted by Crippen LogP contribution is 2.22. The Morgan fingerprint density at radius 1 is 1.28 bits per heavy atom. The summed E-state index contributed by atoms with van der Waals surface area (Å²) < 4.78 is 10.9. The second kappa shape index (κ2) is 8.92. The summed E-state index contributed by atoms with van der Waals surface area (Å²) in [6.45, 7) is 11.0. The Balaban J connectivity index is 1.77. The van der Waals surface area contributed by atoms with Crippen LogP contribution in [0.25, 0.3) is 0 Å². The molecule has 1 amide bonds. The molecule has 0 bridgehead atoms. The van der Waals surface area contributed by atoms with E-state index in [0.717, 1.165) is 23.7 Å². The van der Waals surface area contributed by atoms with Crippen molar-refractivity contribution in [1.29, 1.82) is 0 Å². The minimum absolute atomic E-state index is 0.0586. The lowest BCUT2D eigenvalue weighted by atomic mass is 10.00. The zero-order valence-corrected chi connectivity index (χ0v) is 16.7. The van der Waals surface area contributed by atoms with E-state index < -0.39 is 0 Å². The van der Waals surface area contributed by atoms with Crippen molar-refractivity contribution in [3.63, 3.8) is 0 Å². The van der Waals surface area contributed by atoms with Crippen molar-refractivity contribution in [3.8, 4) is 5.75 Å². The van der Waals surface area contributed by atoms with Gasteiger partial charge in [0.25, 0.3) is 0 Å². The van der Waals surface area contributed by atoms with E-state index >= 15 is 0 Å². The summed E-state index contributed by atoms with van der Waals surface area (Å²) in [6, 6.07) is 7.75. The van der Waals surface area contributed by atoms with Crippen molar-refractivity contribution >= 4 is 17.7 Å². The standard InChI is InChI=1S/C19H30N2O3S/c1-14-10-21(11-15(2)24-14)19(3,4)13-20-18(22)12-25-17-8-6-16(23-5)7-9-17/h6-9,14-15H,10-13H2,1-5H3,(H,20,22). The van der Waals surface area contributed by atoms with Crippen LogP contribution in [-0.2, 0) is 9.53 Å². The van der Waals surface area contributed by atoms with Gasteiger partial charge in [-0.2, -0.15) is 0 Å². The Bertz CT molecular complexity index is 552. The topological polar surface area (TPSA) is 50.8 Å². The lowest BCUT2D eigenvalue weighted by Gasteiger charge is -2.45. The minimum atomic E-state index is -0.0905. The van der Waals surface area contributed by atoms with Gasteiger partial charge >= 0.3 is 0 Å². The molecule has 1 N–H and O–H groups in total. The number of carbonyl (C=O) groups is 1. The number of amides is 1. The number of carbonyl (C=O) groups excluding carboxylic acids is 1. The van der Waals surface area contributed by atoms with E-state index in [2.05, 4.69) is 37.9 Å². The van der Waals surface area contributed by atoms with Crippen LogP contribution in [0, 0.1) is 0 Å². The van der Waals surface area contributed by atoms with Gasteiger partial charge in [0.15, 0.2) is 0 Å². The molecule has 0 spiro atoms. The number of nitrogens with one attached hydrogen (secondary N) is 1. The van der Waals surface area contributed by atoms with E-state index in [1.54, 1.807) is 7.11 Å². The average Bonchev–Trinajstić information content (AvgIpc) is 2.58. The third-order valence-corrected chi connectivity index (χ3v) is 5.44. The van der Waals surface area contributed by atoms with Crippen LogP contribution < -0.4 is 10.1 Å². The van der Waals surface area contributed by atoms with Crippen LogP contribution in [0.4, 0.5) is 0 Å². The lowest BCUT2D eigenvalue weighted by molar-refractivity contribution is -0.120. The number of nitrogens with zero attached hydrogens (tertiary/aromatic N) is 1. The maximum atomic E-state index is 12.2. The van der Waals surface area contributed by atoms with Gasteiger partial charge in [-0.3, -0.25) is 9.69 Å². The number of hydrogen-bond acceptors (Lipinski definition) is 5. The maximum absolute atomic E-state index is 12.2. The van der Waals surface area contributed by atoms with Crippen molar-refractivity contribution < 1.29 is 14.3 Å². The lowest BCUT2D eigenvalue weighted by Crippen LogP contribution is -2.58. The molecule has 1 aromatic carbocycles. The molecule has 1 heterocycles. The minimum Gasteiger partial charge on any atom is -0.497 e. The van der Waals surface area contributed by atoms with Gasteiger partial charge in [-0.15, -0.1) is 11.8 Å². The molecule has 1 aromatic rings. The van der Waals surface area contributed by atoms with Crippen LogP contribution in [0.15, 0.2) is 29.2 Å².